The van der Waals surface area contributed by atoms with Gasteiger partial charge in [-0.25, -0.2) is 4.39 Å². The molecule has 2 aliphatic rings. The van der Waals surface area contributed by atoms with Crippen molar-refractivity contribution in [2.45, 2.75) is 32.6 Å². The predicted molar refractivity (Wildman–Crippen MR) is 85.3 cm³/mol. The number of aromatic nitrogens is 2. The maximum atomic E-state index is 13.5. The third-order valence-corrected chi connectivity index (χ3v) is 5.12. The Morgan fingerprint density at radius 2 is 2.09 bits per heavy atom. The second-order valence-corrected chi connectivity index (χ2v) is 6.89. The number of aromatic amines is 1. The highest BCUT2D eigenvalue weighted by molar-refractivity contribution is 5.85. The molecule has 1 amide bonds. The van der Waals surface area contributed by atoms with Crippen LogP contribution >= 0.6 is 0 Å². The first-order valence-electron chi connectivity index (χ1n) is 8.18. The summed E-state index contributed by atoms with van der Waals surface area (Å²) in [6, 6.07) is 6.52. The Bertz CT molecular complexity index is 763. The number of nitrogens with one attached hydrogen (secondary N) is 1. The zero-order valence-electron chi connectivity index (χ0n) is 13.2. The molecular formula is C18H20FN3O. The maximum absolute atomic E-state index is 13.5. The molecule has 4 nitrogen and oxygen atoms in total. The van der Waals surface area contributed by atoms with Crippen LogP contribution in [0.5, 0.6) is 0 Å². The van der Waals surface area contributed by atoms with Crippen LogP contribution in [0.1, 0.15) is 31.0 Å². The summed E-state index contributed by atoms with van der Waals surface area (Å²) in [6.07, 6.45) is 3.55. The van der Waals surface area contributed by atoms with E-state index >= 15 is 0 Å². The lowest BCUT2D eigenvalue weighted by molar-refractivity contribution is -0.136. The van der Waals surface area contributed by atoms with Gasteiger partial charge < -0.3 is 4.90 Å². The quantitative estimate of drug-likeness (QED) is 0.926. The summed E-state index contributed by atoms with van der Waals surface area (Å²) in [6.45, 7) is 3.49. The Morgan fingerprint density at radius 3 is 2.83 bits per heavy atom. The summed E-state index contributed by atoms with van der Waals surface area (Å²) in [5.74, 6) is 0.0225. The van der Waals surface area contributed by atoms with Crippen molar-refractivity contribution in [3.05, 3.63) is 41.3 Å². The third kappa shape index (κ3) is 2.54. The second kappa shape index (κ2) is 5.18. The first-order valence-corrected chi connectivity index (χ1v) is 8.18. The molecule has 0 bridgehead atoms. The van der Waals surface area contributed by atoms with Crippen molar-refractivity contribution in [1.29, 1.82) is 0 Å². The number of fused-ring (bicyclic) bond motifs is 1. The Labute approximate surface area is 134 Å². The number of benzene rings is 1. The van der Waals surface area contributed by atoms with Crippen LogP contribution in [0.25, 0.3) is 11.3 Å². The molecule has 5 heteroatoms. The Kier molecular flexibility index (Phi) is 3.25. The number of amides is 1. The molecule has 1 aliphatic heterocycles. The zero-order valence-corrected chi connectivity index (χ0v) is 13.2. The summed E-state index contributed by atoms with van der Waals surface area (Å²) >= 11 is 0. The SMILES string of the molecule is CC1(C(=O)N2CCc3[nH]nc(-c4cccc(F)c4)c3CC2)CC1. The van der Waals surface area contributed by atoms with Crippen LogP contribution in [0, 0.1) is 11.2 Å². The van der Waals surface area contributed by atoms with E-state index in [1.807, 2.05) is 11.0 Å². The second-order valence-electron chi connectivity index (χ2n) is 6.89. The summed E-state index contributed by atoms with van der Waals surface area (Å²) in [5, 5.41) is 7.47. The number of hydrogen-bond donors (Lipinski definition) is 1. The molecule has 1 N–H and O–H groups in total. The molecule has 1 saturated carbocycles. The Morgan fingerprint density at radius 1 is 1.30 bits per heavy atom. The first kappa shape index (κ1) is 14.4. The number of hydrogen-bond acceptors (Lipinski definition) is 2. The van der Waals surface area contributed by atoms with Crippen molar-refractivity contribution in [3.63, 3.8) is 0 Å². The van der Waals surface area contributed by atoms with Gasteiger partial charge >= 0.3 is 0 Å². The van der Waals surface area contributed by atoms with Gasteiger partial charge in [0.05, 0.1) is 5.69 Å². The van der Waals surface area contributed by atoms with Crippen LogP contribution in [0.4, 0.5) is 4.39 Å². The van der Waals surface area contributed by atoms with E-state index in [1.54, 1.807) is 6.07 Å². The van der Waals surface area contributed by atoms with E-state index in [0.29, 0.717) is 6.54 Å². The van der Waals surface area contributed by atoms with E-state index in [0.717, 1.165) is 54.7 Å². The lowest BCUT2D eigenvalue weighted by Crippen LogP contribution is -2.38. The number of halogens is 1. The van der Waals surface area contributed by atoms with Crippen LogP contribution in [-0.2, 0) is 17.6 Å². The number of H-pyrrole nitrogens is 1. The molecule has 4 rings (SSSR count). The lowest BCUT2D eigenvalue weighted by atomic mass is 10.0. The molecule has 0 atom stereocenters. The number of nitrogens with zero attached hydrogens (tertiary/aromatic N) is 2. The largest absolute Gasteiger partial charge is 0.342 e. The topological polar surface area (TPSA) is 49.0 Å². The number of carbonyl (C=O) groups is 1. The van der Waals surface area contributed by atoms with Gasteiger partial charge in [0, 0.05) is 41.7 Å². The average Bonchev–Trinajstić information content (AvgIpc) is 3.22. The van der Waals surface area contributed by atoms with Gasteiger partial charge in [-0.05, 0) is 31.4 Å². The molecule has 1 aliphatic carbocycles. The van der Waals surface area contributed by atoms with E-state index < -0.39 is 0 Å². The fourth-order valence-corrected chi connectivity index (χ4v) is 3.34. The molecule has 23 heavy (non-hydrogen) atoms. The molecule has 0 saturated heterocycles. The molecule has 0 spiro atoms. The Hall–Kier alpha value is -2.17. The summed E-state index contributed by atoms with van der Waals surface area (Å²) < 4.78 is 13.5. The highest BCUT2D eigenvalue weighted by Gasteiger charge is 2.47. The summed E-state index contributed by atoms with van der Waals surface area (Å²) in [4.78, 5) is 14.5. The van der Waals surface area contributed by atoms with Gasteiger partial charge in [0.1, 0.15) is 5.82 Å². The normalized spacial score (nSPS) is 19.1. The van der Waals surface area contributed by atoms with Crippen molar-refractivity contribution in [3.8, 4) is 11.3 Å². The standard InChI is InChI=1S/C18H20FN3O/c1-18(7-8-18)17(23)22-9-5-14-15(6-10-22)20-21-16(14)12-3-2-4-13(19)11-12/h2-4,11H,5-10H2,1H3,(H,20,21). The Balaban J connectivity index is 1.59. The zero-order chi connectivity index (χ0) is 16.0. The smallest absolute Gasteiger partial charge is 0.228 e. The third-order valence-electron chi connectivity index (χ3n) is 5.12. The van der Waals surface area contributed by atoms with E-state index in [1.165, 1.54) is 12.1 Å². The highest BCUT2D eigenvalue weighted by Crippen LogP contribution is 2.46. The fourth-order valence-electron chi connectivity index (χ4n) is 3.34. The van der Waals surface area contributed by atoms with E-state index in [4.69, 9.17) is 0 Å². The van der Waals surface area contributed by atoms with Gasteiger partial charge in [-0.15, -0.1) is 0 Å². The fraction of sp³-hybridized carbons (Fsp3) is 0.444. The van der Waals surface area contributed by atoms with Crippen molar-refractivity contribution >= 4 is 5.91 Å². The first-order chi connectivity index (χ1) is 11.1. The molecule has 0 unspecified atom stereocenters. The number of rotatable bonds is 2. The van der Waals surface area contributed by atoms with Crippen LogP contribution in [0.15, 0.2) is 24.3 Å². The summed E-state index contributed by atoms with van der Waals surface area (Å²) in [5.41, 5.74) is 3.66. The molecule has 1 aromatic heterocycles. The molecule has 2 aromatic rings. The molecule has 1 fully saturated rings. The predicted octanol–water partition coefficient (Wildman–Crippen LogP) is 2.94. The lowest BCUT2D eigenvalue weighted by Gasteiger charge is -2.23. The van der Waals surface area contributed by atoms with Gasteiger partial charge in [-0.3, -0.25) is 9.89 Å². The minimum atomic E-state index is -0.258. The van der Waals surface area contributed by atoms with Crippen molar-refractivity contribution < 1.29 is 9.18 Å². The van der Waals surface area contributed by atoms with Gasteiger partial charge in [0.25, 0.3) is 0 Å². The van der Waals surface area contributed by atoms with Crippen LogP contribution in [-0.4, -0.2) is 34.1 Å². The van der Waals surface area contributed by atoms with Gasteiger partial charge in [0.15, 0.2) is 0 Å². The van der Waals surface area contributed by atoms with E-state index in [9.17, 15) is 9.18 Å². The maximum Gasteiger partial charge on any atom is 0.228 e. The monoisotopic (exact) mass is 313 g/mol. The highest BCUT2D eigenvalue weighted by atomic mass is 19.1. The van der Waals surface area contributed by atoms with E-state index in [-0.39, 0.29) is 17.1 Å². The van der Waals surface area contributed by atoms with Crippen molar-refractivity contribution in [2.75, 3.05) is 13.1 Å². The minimum absolute atomic E-state index is 0.123. The van der Waals surface area contributed by atoms with Crippen molar-refractivity contribution in [1.82, 2.24) is 15.1 Å². The van der Waals surface area contributed by atoms with Gasteiger partial charge in [-0.1, -0.05) is 19.1 Å². The average molecular weight is 313 g/mol. The molecular weight excluding hydrogens is 293 g/mol. The molecule has 2 heterocycles. The minimum Gasteiger partial charge on any atom is -0.342 e. The molecule has 120 valence electrons. The van der Waals surface area contributed by atoms with Crippen LogP contribution < -0.4 is 0 Å². The number of carbonyl (C=O) groups excluding carboxylic acids is 1. The molecule has 1 aromatic carbocycles. The van der Waals surface area contributed by atoms with E-state index in [2.05, 4.69) is 17.1 Å². The van der Waals surface area contributed by atoms with Crippen molar-refractivity contribution in [2.24, 2.45) is 5.41 Å². The van der Waals surface area contributed by atoms with Crippen LogP contribution in [0.2, 0.25) is 0 Å². The molecule has 0 radical (unpaired) electrons. The van der Waals surface area contributed by atoms with Gasteiger partial charge in [-0.2, -0.15) is 5.10 Å². The van der Waals surface area contributed by atoms with Gasteiger partial charge in [0.2, 0.25) is 5.91 Å². The van der Waals surface area contributed by atoms with Crippen LogP contribution in [0.3, 0.4) is 0 Å². The summed E-state index contributed by atoms with van der Waals surface area (Å²) in [7, 11) is 0.